The molecule has 0 spiro atoms. The van der Waals surface area contributed by atoms with Crippen LogP contribution in [-0.4, -0.2) is 30.7 Å². The second kappa shape index (κ2) is 8.98. The van der Waals surface area contributed by atoms with Gasteiger partial charge in [0.15, 0.2) is 5.78 Å². The van der Waals surface area contributed by atoms with Gasteiger partial charge in [-0.05, 0) is 75.7 Å². The van der Waals surface area contributed by atoms with Crippen molar-refractivity contribution in [1.82, 2.24) is 0 Å². The van der Waals surface area contributed by atoms with Crippen molar-refractivity contribution < 1.29 is 14.4 Å². The Morgan fingerprint density at radius 3 is 2.00 bits per heavy atom. The fourth-order valence-electron chi connectivity index (χ4n) is 2.73. The van der Waals surface area contributed by atoms with E-state index < -0.39 is 11.8 Å². The molecule has 2 N–H and O–H groups in total. The predicted octanol–water partition coefficient (Wildman–Crippen LogP) is 3.62. The SMILES string of the molecule is CCN(CC)c1ccc(NC(=O)C(=O)Nc2ccc(C(C)=O)cc2)c(C)c1. The first-order valence-electron chi connectivity index (χ1n) is 8.94. The Balaban J connectivity index is 2.03. The number of aryl methyl sites for hydroxylation is 1. The summed E-state index contributed by atoms with van der Waals surface area (Å²) in [5, 5.41) is 5.16. The molecule has 0 aromatic heterocycles. The summed E-state index contributed by atoms with van der Waals surface area (Å²) in [6.45, 7) is 9.32. The van der Waals surface area contributed by atoms with Crippen LogP contribution in [0.5, 0.6) is 0 Å². The fraction of sp³-hybridized carbons (Fsp3) is 0.286. The summed E-state index contributed by atoms with van der Waals surface area (Å²) in [4.78, 5) is 37.8. The molecule has 0 aliphatic carbocycles. The van der Waals surface area contributed by atoms with Crippen molar-refractivity contribution in [3.8, 4) is 0 Å². The standard InChI is InChI=1S/C21H25N3O3/c1-5-24(6-2)18-11-12-19(14(3)13-18)23-21(27)20(26)22-17-9-7-16(8-10-17)15(4)25/h7-13H,5-6H2,1-4H3,(H,22,26)(H,23,27). The van der Waals surface area contributed by atoms with Crippen LogP contribution in [-0.2, 0) is 9.59 Å². The van der Waals surface area contributed by atoms with Crippen LogP contribution in [0.1, 0.15) is 36.7 Å². The van der Waals surface area contributed by atoms with Gasteiger partial charge >= 0.3 is 11.8 Å². The van der Waals surface area contributed by atoms with Crippen LogP contribution in [0.3, 0.4) is 0 Å². The van der Waals surface area contributed by atoms with Crippen LogP contribution in [0.2, 0.25) is 0 Å². The number of benzene rings is 2. The number of nitrogens with one attached hydrogen (secondary N) is 2. The van der Waals surface area contributed by atoms with Crippen molar-refractivity contribution >= 4 is 34.7 Å². The lowest BCUT2D eigenvalue weighted by atomic mass is 10.1. The third-order valence-electron chi connectivity index (χ3n) is 4.34. The van der Waals surface area contributed by atoms with Crippen molar-refractivity contribution in [2.45, 2.75) is 27.7 Å². The van der Waals surface area contributed by atoms with E-state index in [4.69, 9.17) is 0 Å². The van der Waals surface area contributed by atoms with Gasteiger partial charge in [-0.25, -0.2) is 0 Å². The summed E-state index contributed by atoms with van der Waals surface area (Å²) in [6, 6.07) is 12.1. The monoisotopic (exact) mass is 367 g/mol. The Labute approximate surface area is 159 Å². The topological polar surface area (TPSA) is 78.5 Å². The number of anilines is 3. The minimum Gasteiger partial charge on any atom is -0.372 e. The van der Waals surface area contributed by atoms with Gasteiger partial charge in [-0.1, -0.05) is 0 Å². The minimum atomic E-state index is -0.766. The van der Waals surface area contributed by atoms with Gasteiger partial charge in [0.05, 0.1) is 0 Å². The van der Waals surface area contributed by atoms with Crippen LogP contribution in [0.4, 0.5) is 17.1 Å². The first kappa shape index (κ1) is 20.2. The van der Waals surface area contributed by atoms with Crippen molar-refractivity contribution in [3.05, 3.63) is 53.6 Å². The average Bonchev–Trinajstić information content (AvgIpc) is 2.65. The summed E-state index contributed by atoms with van der Waals surface area (Å²) in [7, 11) is 0. The molecule has 0 heterocycles. The minimum absolute atomic E-state index is 0.0609. The van der Waals surface area contributed by atoms with Crippen molar-refractivity contribution in [2.75, 3.05) is 28.6 Å². The maximum absolute atomic E-state index is 12.2. The summed E-state index contributed by atoms with van der Waals surface area (Å²) >= 11 is 0. The van der Waals surface area contributed by atoms with Gasteiger partial charge in [-0.15, -0.1) is 0 Å². The zero-order valence-electron chi connectivity index (χ0n) is 16.1. The third-order valence-corrected chi connectivity index (χ3v) is 4.34. The number of hydrogen-bond donors (Lipinski definition) is 2. The largest absolute Gasteiger partial charge is 0.372 e. The molecule has 0 saturated heterocycles. The van der Waals surface area contributed by atoms with E-state index in [1.807, 2.05) is 19.1 Å². The number of nitrogens with zero attached hydrogens (tertiary/aromatic N) is 1. The Morgan fingerprint density at radius 1 is 0.889 bits per heavy atom. The highest BCUT2D eigenvalue weighted by atomic mass is 16.2. The molecule has 0 atom stereocenters. The zero-order valence-corrected chi connectivity index (χ0v) is 16.1. The lowest BCUT2D eigenvalue weighted by Crippen LogP contribution is -2.29. The maximum Gasteiger partial charge on any atom is 0.314 e. The van der Waals surface area contributed by atoms with E-state index in [2.05, 4.69) is 29.4 Å². The molecule has 2 rings (SSSR count). The molecule has 2 aromatic rings. The number of carbonyl (C=O) groups is 3. The molecule has 0 bridgehead atoms. The second-order valence-electron chi connectivity index (χ2n) is 6.21. The highest BCUT2D eigenvalue weighted by Crippen LogP contribution is 2.22. The van der Waals surface area contributed by atoms with E-state index in [1.54, 1.807) is 30.3 Å². The van der Waals surface area contributed by atoms with Gasteiger partial charge < -0.3 is 15.5 Å². The molecular formula is C21H25N3O3. The van der Waals surface area contributed by atoms with Gasteiger partial charge in [-0.3, -0.25) is 14.4 Å². The maximum atomic E-state index is 12.2. The Kier molecular flexibility index (Phi) is 6.71. The number of carbonyl (C=O) groups excluding carboxylic acids is 3. The van der Waals surface area contributed by atoms with Gasteiger partial charge in [0.25, 0.3) is 0 Å². The van der Waals surface area contributed by atoms with Gasteiger partial charge in [0.1, 0.15) is 0 Å². The van der Waals surface area contributed by atoms with Crippen LogP contribution >= 0.6 is 0 Å². The molecule has 2 aromatic carbocycles. The molecule has 27 heavy (non-hydrogen) atoms. The highest BCUT2D eigenvalue weighted by molar-refractivity contribution is 6.43. The summed E-state index contributed by atoms with van der Waals surface area (Å²) < 4.78 is 0. The van der Waals surface area contributed by atoms with Gasteiger partial charge in [0, 0.05) is 35.7 Å². The quantitative estimate of drug-likeness (QED) is 0.604. The number of Topliss-reactive ketones (excluding diaryl/α,β-unsaturated/α-hetero) is 1. The van der Waals surface area contributed by atoms with Crippen molar-refractivity contribution in [2.24, 2.45) is 0 Å². The van der Waals surface area contributed by atoms with Crippen LogP contribution in [0, 0.1) is 6.92 Å². The number of amides is 2. The molecule has 142 valence electrons. The number of rotatable bonds is 6. The highest BCUT2D eigenvalue weighted by Gasteiger charge is 2.15. The molecular weight excluding hydrogens is 342 g/mol. The zero-order chi connectivity index (χ0) is 20.0. The molecule has 0 saturated carbocycles. The summed E-state index contributed by atoms with van der Waals surface area (Å²) in [6.07, 6.45) is 0. The number of ketones is 1. The molecule has 0 radical (unpaired) electrons. The van der Waals surface area contributed by atoms with Gasteiger partial charge in [-0.2, -0.15) is 0 Å². The second-order valence-corrected chi connectivity index (χ2v) is 6.21. The van der Waals surface area contributed by atoms with Crippen molar-refractivity contribution in [1.29, 1.82) is 0 Å². The van der Waals surface area contributed by atoms with Crippen LogP contribution in [0.25, 0.3) is 0 Å². The van der Waals surface area contributed by atoms with E-state index in [-0.39, 0.29) is 5.78 Å². The first-order valence-corrected chi connectivity index (χ1v) is 8.94. The van der Waals surface area contributed by atoms with E-state index in [0.717, 1.165) is 24.3 Å². The van der Waals surface area contributed by atoms with E-state index in [9.17, 15) is 14.4 Å². The predicted molar refractivity (Wildman–Crippen MR) is 108 cm³/mol. The van der Waals surface area contributed by atoms with E-state index in [1.165, 1.54) is 6.92 Å². The molecule has 6 nitrogen and oxygen atoms in total. The van der Waals surface area contributed by atoms with E-state index in [0.29, 0.717) is 16.9 Å². The Bertz CT molecular complexity index is 840. The van der Waals surface area contributed by atoms with Crippen molar-refractivity contribution in [3.63, 3.8) is 0 Å². The van der Waals surface area contributed by atoms with Crippen LogP contribution < -0.4 is 15.5 Å². The molecule has 0 fully saturated rings. The smallest absolute Gasteiger partial charge is 0.314 e. The molecule has 2 amide bonds. The van der Waals surface area contributed by atoms with Crippen LogP contribution in [0.15, 0.2) is 42.5 Å². The average molecular weight is 367 g/mol. The molecule has 0 aliphatic heterocycles. The first-order chi connectivity index (χ1) is 12.8. The Morgan fingerprint density at radius 2 is 1.48 bits per heavy atom. The summed E-state index contributed by atoms with van der Waals surface area (Å²) in [5.41, 5.74) is 3.55. The third kappa shape index (κ3) is 5.17. The van der Waals surface area contributed by atoms with E-state index >= 15 is 0 Å². The Hall–Kier alpha value is -3.15. The summed E-state index contributed by atoms with van der Waals surface area (Å²) in [5.74, 6) is -1.57. The normalized spacial score (nSPS) is 10.2. The molecule has 0 aliphatic rings. The molecule has 6 heteroatoms. The fourth-order valence-corrected chi connectivity index (χ4v) is 2.73. The molecule has 0 unspecified atom stereocenters. The lowest BCUT2D eigenvalue weighted by molar-refractivity contribution is -0.133. The van der Waals surface area contributed by atoms with Gasteiger partial charge in [0.2, 0.25) is 0 Å². The number of hydrogen-bond acceptors (Lipinski definition) is 4. The lowest BCUT2D eigenvalue weighted by Gasteiger charge is -2.22.